The summed E-state index contributed by atoms with van der Waals surface area (Å²) in [6.45, 7) is 0. The van der Waals surface area contributed by atoms with E-state index >= 15 is 0 Å². The van der Waals surface area contributed by atoms with E-state index in [4.69, 9.17) is 15.6 Å². The lowest BCUT2D eigenvalue weighted by atomic mass is 10.2. The Balaban J connectivity index is 2.74. The Morgan fingerprint density at radius 3 is 2.57 bits per heavy atom. The molecule has 5 N–H and O–H groups in total. The minimum absolute atomic E-state index is 0.391. The van der Waals surface area contributed by atoms with Crippen molar-refractivity contribution in [1.29, 1.82) is 0 Å². The van der Waals surface area contributed by atoms with Gasteiger partial charge in [-0.3, -0.25) is 4.79 Å². The maximum absolute atomic E-state index is 11.7. The third-order valence-electron chi connectivity index (χ3n) is 2.37. The Morgan fingerprint density at radius 2 is 2.05 bits per heavy atom. The van der Waals surface area contributed by atoms with Gasteiger partial charge in [-0.1, -0.05) is 15.9 Å². The molecule has 0 spiro atoms. The summed E-state index contributed by atoms with van der Waals surface area (Å²) >= 11 is 3.24. The molecule has 0 heterocycles. The highest BCUT2D eigenvalue weighted by molar-refractivity contribution is 9.10. The quantitative estimate of drug-likeness (QED) is 0.599. The number of carboxylic acid groups (broad SMARTS) is 1. The third-order valence-corrected chi connectivity index (χ3v) is 2.83. The molecule has 21 heavy (non-hydrogen) atoms. The molecule has 1 aromatic rings. The average molecular weight is 360 g/mol. The van der Waals surface area contributed by atoms with Crippen LogP contribution in [0.5, 0.6) is 5.75 Å². The van der Waals surface area contributed by atoms with Crippen molar-refractivity contribution >= 4 is 39.5 Å². The van der Waals surface area contributed by atoms with Crippen LogP contribution in [0.1, 0.15) is 6.42 Å². The molecule has 0 aliphatic heterocycles. The molecule has 1 atom stereocenters. The van der Waals surface area contributed by atoms with E-state index in [1.165, 1.54) is 7.11 Å². The number of anilines is 1. The lowest BCUT2D eigenvalue weighted by molar-refractivity contribution is -0.140. The average Bonchev–Trinajstić information content (AvgIpc) is 2.36. The maximum atomic E-state index is 11.7. The Bertz CT molecular complexity index is 564. The molecule has 1 rings (SSSR count). The zero-order chi connectivity index (χ0) is 16.0. The van der Waals surface area contributed by atoms with Crippen LogP contribution in [0.2, 0.25) is 0 Å². The maximum Gasteiger partial charge on any atom is 0.326 e. The molecule has 0 fully saturated rings. The second-order valence-electron chi connectivity index (χ2n) is 4.04. The fourth-order valence-corrected chi connectivity index (χ4v) is 1.95. The number of primary amides is 1. The molecule has 8 nitrogen and oxygen atoms in total. The van der Waals surface area contributed by atoms with E-state index in [0.717, 1.165) is 0 Å². The van der Waals surface area contributed by atoms with Crippen LogP contribution in [-0.2, 0) is 9.59 Å². The predicted molar refractivity (Wildman–Crippen MR) is 78.1 cm³/mol. The lowest BCUT2D eigenvalue weighted by Crippen LogP contribution is -2.45. The minimum Gasteiger partial charge on any atom is -0.497 e. The molecule has 0 aliphatic rings. The number of rotatable bonds is 6. The molecule has 0 aromatic heterocycles. The lowest BCUT2D eigenvalue weighted by Gasteiger charge is -2.14. The van der Waals surface area contributed by atoms with Crippen molar-refractivity contribution in [2.45, 2.75) is 12.5 Å². The number of nitrogens with one attached hydrogen (secondary N) is 2. The highest BCUT2D eigenvalue weighted by Gasteiger charge is 2.22. The molecule has 114 valence electrons. The fraction of sp³-hybridized carbons (Fsp3) is 0.250. The molecule has 1 unspecified atom stereocenters. The van der Waals surface area contributed by atoms with Crippen molar-refractivity contribution < 1.29 is 24.2 Å². The Kier molecular flexibility index (Phi) is 5.97. The second kappa shape index (κ2) is 7.48. The van der Waals surface area contributed by atoms with Crippen LogP contribution in [0, 0.1) is 0 Å². The number of carbonyl (C=O) groups is 3. The number of urea groups is 1. The van der Waals surface area contributed by atoms with Gasteiger partial charge in [-0.05, 0) is 12.1 Å². The summed E-state index contributed by atoms with van der Waals surface area (Å²) < 4.78 is 5.70. The van der Waals surface area contributed by atoms with Crippen LogP contribution in [-0.4, -0.2) is 36.2 Å². The Labute approximate surface area is 128 Å². The van der Waals surface area contributed by atoms with E-state index in [9.17, 15) is 14.4 Å². The normalized spacial score (nSPS) is 11.3. The Hall–Kier alpha value is -2.29. The first-order valence-electron chi connectivity index (χ1n) is 5.75. The standard InChI is InChI=1S/C12H14BrN3O5/c1-21-8-3-6(13)2-7(4-8)15-12(20)16-9(11(18)19)5-10(14)17/h2-4,9H,5H2,1H3,(H2,14,17)(H,18,19)(H2,15,16,20). The molecule has 9 heteroatoms. The van der Waals surface area contributed by atoms with Crippen molar-refractivity contribution in [2.75, 3.05) is 12.4 Å². The SMILES string of the molecule is COc1cc(Br)cc(NC(=O)NC(CC(N)=O)C(=O)O)c1. The summed E-state index contributed by atoms with van der Waals surface area (Å²) in [5.74, 6) is -1.67. The summed E-state index contributed by atoms with van der Waals surface area (Å²) in [5.41, 5.74) is 5.31. The second-order valence-corrected chi connectivity index (χ2v) is 4.96. The summed E-state index contributed by atoms with van der Waals surface area (Å²) in [6, 6.07) is 2.68. The molecule has 3 amide bonds. The van der Waals surface area contributed by atoms with E-state index in [0.29, 0.717) is 15.9 Å². The molecule has 0 saturated carbocycles. The Morgan fingerprint density at radius 1 is 1.38 bits per heavy atom. The van der Waals surface area contributed by atoms with Gasteiger partial charge >= 0.3 is 12.0 Å². The number of methoxy groups -OCH3 is 1. The van der Waals surface area contributed by atoms with Crippen molar-refractivity contribution in [3.8, 4) is 5.75 Å². The zero-order valence-corrected chi connectivity index (χ0v) is 12.6. The highest BCUT2D eigenvalue weighted by atomic mass is 79.9. The van der Waals surface area contributed by atoms with Crippen LogP contribution in [0.15, 0.2) is 22.7 Å². The summed E-state index contributed by atoms with van der Waals surface area (Å²) in [4.78, 5) is 33.4. The van der Waals surface area contributed by atoms with Crippen molar-refractivity contribution in [1.82, 2.24) is 5.32 Å². The zero-order valence-electron chi connectivity index (χ0n) is 11.1. The fourth-order valence-electron chi connectivity index (χ4n) is 1.48. The number of aliphatic carboxylic acids is 1. The third kappa shape index (κ3) is 5.69. The topological polar surface area (TPSA) is 131 Å². The molecule has 0 saturated heterocycles. The number of amides is 3. The van der Waals surface area contributed by atoms with Gasteiger partial charge in [0.05, 0.1) is 13.5 Å². The largest absolute Gasteiger partial charge is 0.497 e. The van der Waals surface area contributed by atoms with Gasteiger partial charge in [0.1, 0.15) is 11.8 Å². The monoisotopic (exact) mass is 359 g/mol. The molecular weight excluding hydrogens is 346 g/mol. The number of carbonyl (C=O) groups excluding carboxylic acids is 2. The highest BCUT2D eigenvalue weighted by Crippen LogP contribution is 2.24. The molecule has 0 bridgehead atoms. The first-order valence-corrected chi connectivity index (χ1v) is 6.54. The number of carboxylic acids is 1. The van der Waals surface area contributed by atoms with Gasteiger partial charge in [0.25, 0.3) is 0 Å². The predicted octanol–water partition coefficient (Wildman–Crippen LogP) is 0.908. The first-order chi connectivity index (χ1) is 9.81. The number of benzene rings is 1. The number of halogens is 1. The van der Waals surface area contributed by atoms with Crippen LogP contribution in [0.25, 0.3) is 0 Å². The number of hydrogen-bond acceptors (Lipinski definition) is 4. The van der Waals surface area contributed by atoms with Gasteiger partial charge in [-0.2, -0.15) is 0 Å². The van der Waals surface area contributed by atoms with Crippen molar-refractivity contribution in [3.63, 3.8) is 0 Å². The van der Waals surface area contributed by atoms with Crippen molar-refractivity contribution in [3.05, 3.63) is 22.7 Å². The van der Waals surface area contributed by atoms with Gasteiger partial charge in [0.2, 0.25) is 5.91 Å². The number of ether oxygens (including phenoxy) is 1. The summed E-state index contributed by atoms with van der Waals surface area (Å²) in [5, 5.41) is 13.5. The van der Waals surface area contributed by atoms with Gasteiger partial charge in [-0.25, -0.2) is 9.59 Å². The van der Waals surface area contributed by atoms with E-state index in [-0.39, 0.29) is 0 Å². The smallest absolute Gasteiger partial charge is 0.326 e. The van der Waals surface area contributed by atoms with Gasteiger partial charge in [0, 0.05) is 16.2 Å². The molecular formula is C12H14BrN3O5. The van der Waals surface area contributed by atoms with Crippen molar-refractivity contribution in [2.24, 2.45) is 5.73 Å². The van der Waals surface area contributed by atoms with Crippen LogP contribution in [0.4, 0.5) is 10.5 Å². The van der Waals surface area contributed by atoms with E-state index in [2.05, 4.69) is 26.6 Å². The van der Waals surface area contributed by atoms with Gasteiger partial charge in [-0.15, -0.1) is 0 Å². The molecule has 0 aliphatic carbocycles. The number of nitrogens with two attached hydrogens (primary N) is 1. The summed E-state index contributed by atoms with van der Waals surface area (Å²) in [6.07, 6.45) is -0.495. The number of hydrogen-bond donors (Lipinski definition) is 4. The summed E-state index contributed by atoms with van der Waals surface area (Å²) in [7, 11) is 1.47. The van der Waals surface area contributed by atoms with E-state index in [1.807, 2.05) is 0 Å². The van der Waals surface area contributed by atoms with Crippen LogP contribution < -0.4 is 21.1 Å². The van der Waals surface area contributed by atoms with E-state index < -0.39 is 30.4 Å². The van der Waals surface area contributed by atoms with E-state index in [1.54, 1.807) is 18.2 Å². The molecule has 0 radical (unpaired) electrons. The first kappa shape index (κ1) is 16.8. The molecule has 1 aromatic carbocycles. The van der Waals surface area contributed by atoms with Crippen LogP contribution in [0.3, 0.4) is 0 Å². The minimum atomic E-state index is -1.39. The van der Waals surface area contributed by atoms with Gasteiger partial charge in [0.15, 0.2) is 0 Å². The van der Waals surface area contributed by atoms with Crippen LogP contribution >= 0.6 is 15.9 Å². The van der Waals surface area contributed by atoms with Gasteiger partial charge < -0.3 is 26.2 Å².